The van der Waals surface area contributed by atoms with Crippen LogP contribution in [0.1, 0.15) is 38.5 Å². The van der Waals surface area contributed by atoms with Gasteiger partial charge in [0.1, 0.15) is 0 Å². The molecule has 1 saturated carbocycles. The molecule has 1 aromatic carbocycles. The third-order valence-electron chi connectivity index (χ3n) is 4.23. The van der Waals surface area contributed by atoms with Gasteiger partial charge < -0.3 is 5.32 Å². The molecule has 0 spiro atoms. The molecule has 0 unspecified atom stereocenters. The second-order valence-electron chi connectivity index (χ2n) is 5.60. The molecule has 1 heterocycles. The summed E-state index contributed by atoms with van der Waals surface area (Å²) >= 11 is 0. The summed E-state index contributed by atoms with van der Waals surface area (Å²) < 4.78 is 0. The van der Waals surface area contributed by atoms with Crippen molar-refractivity contribution < 1.29 is 0 Å². The monoisotopic (exact) mass is 254 g/mol. The molecule has 2 nitrogen and oxygen atoms in total. The van der Waals surface area contributed by atoms with E-state index in [2.05, 4.69) is 34.6 Å². The van der Waals surface area contributed by atoms with Gasteiger partial charge in [0, 0.05) is 18.1 Å². The fourth-order valence-corrected chi connectivity index (χ4v) is 3.13. The van der Waals surface area contributed by atoms with Crippen LogP contribution in [0.3, 0.4) is 0 Å². The van der Waals surface area contributed by atoms with Crippen LogP contribution in [0.4, 0.5) is 5.69 Å². The Labute approximate surface area is 115 Å². The van der Waals surface area contributed by atoms with E-state index in [-0.39, 0.29) is 0 Å². The lowest BCUT2D eigenvalue weighted by atomic mass is 9.87. The van der Waals surface area contributed by atoms with Gasteiger partial charge in [-0.15, -0.1) is 0 Å². The van der Waals surface area contributed by atoms with E-state index in [4.69, 9.17) is 0 Å². The van der Waals surface area contributed by atoms with Crippen molar-refractivity contribution in [3.05, 3.63) is 36.5 Å². The average Bonchev–Trinajstić information content (AvgIpc) is 2.49. The summed E-state index contributed by atoms with van der Waals surface area (Å²) in [4.78, 5) is 4.48. The van der Waals surface area contributed by atoms with Crippen LogP contribution in [-0.4, -0.2) is 11.5 Å². The highest BCUT2D eigenvalue weighted by molar-refractivity contribution is 5.90. The molecule has 1 fully saturated rings. The minimum atomic E-state index is 0.934. The van der Waals surface area contributed by atoms with Crippen LogP contribution in [0, 0.1) is 5.92 Å². The molecule has 100 valence electrons. The number of nitrogens with zero attached hydrogens (tertiary/aromatic N) is 1. The molecule has 1 N–H and O–H groups in total. The molecule has 1 aliphatic carbocycles. The topological polar surface area (TPSA) is 24.9 Å². The molecule has 2 aromatic rings. The predicted molar refractivity (Wildman–Crippen MR) is 81.4 cm³/mol. The number of nitrogens with one attached hydrogen (secondary N) is 1. The van der Waals surface area contributed by atoms with Crippen LogP contribution >= 0.6 is 0 Å². The maximum absolute atomic E-state index is 4.48. The SMILES string of the molecule is c1cnc2c(NCCC3CCCCC3)cccc2c1. The van der Waals surface area contributed by atoms with Crippen molar-refractivity contribution in [1.29, 1.82) is 0 Å². The third kappa shape index (κ3) is 3.06. The lowest BCUT2D eigenvalue weighted by Gasteiger charge is -2.21. The first-order valence-corrected chi connectivity index (χ1v) is 7.51. The van der Waals surface area contributed by atoms with Gasteiger partial charge in [-0.3, -0.25) is 4.98 Å². The molecular formula is C17H22N2. The molecule has 0 atom stereocenters. The zero-order valence-corrected chi connectivity index (χ0v) is 11.4. The molecule has 0 amide bonds. The summed E-state index contributed by atoms with van der Waals surface area (Å²) in [5.41, 5.74) is 2.27. The Morgan fingerprint density at radius 3 is 2.79 bits per heavy atom. The Morgan fingerprint density at radius 2 is 1.89 bits per heavy atom. The van der Waals surface area contributed by atoms with Gasteiger partial charge in [0.25, 0.3) is 0 Å². The van der Waals surface area contributed by atoms with Crippen LogP contribution in [0.25, 0.3) is 10.9 Å². The molecular weight excluding hydrogens is 232 g/mol. The Hall–Kier alpha value is -1.57. The highest BCUT2D eigenvalue weighted by Gasteiger charge is 2.12. The summed E-state index contributed by atoms with van der Waals surface area (Å²) in [6.45, 7) is 1.07. The van der Waals surface area contributed by atoms with Gasteiger partial charge in [-0.25, -0.2) is 0 Å². The van der Waals surface area contributed by atoms with Crippen molar-refractivity contribution in [2.45, 2.75) is 38.5 Å². The third-order valence-corrected chi connectivity index (χ3v) is 4.23. The molecule has 1 aliphatic rings. The molecule has 1 aromatic heterocycles. The van der Waals surface area contributed by atoms with E-state index in [1.807, 2.05) is 12.3 Å². The Morgan fingerprint density at radius 1 is 1.05 bits per heavy atom. The van der Waals surface area contributed by atoms with Crippen molar-refractivity contribution in [2.24, 2.45) is 5.92 Å². The maximum atomic E-state index is 4.48. The van der Waals surface area contributed by atoms with Crippen LogP contribution < -0.4 is 5.32 Å². The normalized spacial score (nSPS) is 16.6. The Bertz CT molecular complexity index is 524. The van der Waals surface area contributed by atoms with Crippen molar-refractivity contribution >= 4 is 16.6 Å². The zero-order chi connectivity index (χ0) is 12.9. The lowest BCUT2D eigenvalue weighted by Crippen LogP contribution is -2.12. The van der Waals surface area contributed by atoms with E-state index in [0.29, 0.717) is 0 Å². The second kappa shape index (κ2) is 6.05. The van der Waals surface area contributed by atoms with Crippen molar-refractivity contribution in [1.82, 2.24) is 4.98 Å². The molecule has 0 saturated heterocycles. The van der Waals surface area contributed by atoms with Crippen LogP contribution in [-0.2, 0) is 0 Å². The quantitative estimate of drug-likeness (QED) is 0.861. The molecule has 0 bridgehead atoms. The summed E-state index contributed by atoms with van der Waals surface area (Å²) in [6.07, 6.45) is 10.3. The Kier molecular flexibility index (Phi) is 3.97. The van der Waals surface area contributed by atoms with E-state index in [0.717, 1.165) is 18.0 Å². The van der Waals surface area contributed by atoms with Gasteiger partial charge in [0.15, 0.2) is 0 Å². The first-order chi connectivity index (χ1) is 9.43. The molecule has 3 rings (SSSR count). The highest BCUT2D eigenvalue weighted by atomic mass is 14.9. The number of hydrogen-bond donors (Lipinski definition) is 1. The van der Waals surface area contributed by atoms with Crippen LogP contribution in [0.2, 0.25) is 0 Å². The number of hydrogen-bond acceptors (Lipinski definition) is 2. The smallest absolute Gasteiger partial charge is 0.0933 e. The first-order valence-electron chi connectivity index (χ1n) is 7.51. The number of aromatic nitrogens is 1. The predicted octanol–water partition coefficient (Wildman–Crippen LogP) is 4.62. The average molecular weight is 254 g/mol. The minimum Gasteiger partial charge on any atom is -0.383 e. The van der Waals surface area contributed by atoms with Crippen molar-refractivity contribution in [2.75, 3.05) is 11.9 Å². The Balaban J connectivity index is 1.62. The fourth-order valence-electron chi connectivity index (χ4n) is 3.13. The standard InChI is InChI=1S/C17H22N2/c1-2-6-14(7-3-1)11-13-18-16-10-4-8-15-9-5-12-19-17(15)16/h4-5,8-10,12,14,18H,1-3,6-7,11,13H2. The largest absolute Gasteiger partial charge is 0.383 e. The van der Waals surface area contributed by atoms with Gasteiger partial charge in [-0.2, -0.15) is 0 Å². The van der Waals surface area contributed by atoms with Gasteiger partial charge in [-0.1, -0.05) is 50.3 Å². The van der Waals surface area contributed by atoms with E-state index in [1.54, 1.807) is 0 Å². The number of benzene rings is 1. The molecule has 0 radical (unpaired) electrons. The fraction of sp³-hybridized carbons (Fsp3) is 0.471. The van der Waals surface area contributed by atoms with Gasteiger partial charge in [0.2, 0.25) is 0 Å². The summed E-state index contributed by atoms with van der Waals surface area (Å²) in [5.74, 6) is 0.934. The van der Waals surface area contributed by atoms with Crippen molar-refractivity contribution in [3.63, 3.8) is 0 Å². The van der Waals surface area contributed by atoms with Crippen molar-refractivity contribution in [3.8, 4) is 0 Å². The van der Waals surface area contributed by atoms with E-state index < -0.39 is 0 Å². The van der Waals surface area contributed by atoms with Crippen LogP contribution in [0.15, 0.2) is 36.5 Å². The molecule has 2 heteroatoms. The van der Waals surface area contributed by atoms with E-state index in [9.17, 15) is 0 Å². The number of pyridine rings is 1. The zero-order valence-electron chi connectivity index (χ0n) is 11.4. The van der Waals surface area contributed by atoms with Crippen LogP contribution in [0.5, 0.6) is 0 Å². The number of para-hydroxylation sites is 1. The van der Waals surface area contributed by atoms with E-state index >= 15 is 0 Å². The maximum Gasteiger partial charge on any atom is 0.0933 e. The van der Waals surface area contributed by atoms with E-state index in [1.165, 1.54) is 49.6 Å². The van der Waals surface area contributed by atoms with Gasteiger partial charge in [-0.05, 0) is 24.5 Å². The second-order valence-corrected chi connectivity index (χ2v) is 5.60. The highest BCUT2D eigenvalue weighted by Crippen LogP contribution is 2.27. The minimum absolute atomic E-state index is 0.934. The summed E-state index contributed by atoms with van der Waals surface area (Å²) in [6, 6.07) is 10.5. The summed E-state index contributed by atoms with van der Waals surface area (Å²) in [7, 11) is 0. The molecule has 0 aliphatic heterocycles. The first kappa shape index (κ1) is 12.5. The number of rotatable bonds is 4. The molecule has 19 heavy (non-hydrogen) atoms. The number of anilines is 1. The van der Waals surface area contributed by atoms with Gasteiger partial charge in [0.05, 0.1) is 11.2 Å². The lowest BCUT2D eigenvalue weighted by molar-refractivity contribution is 0.345. The summed E-state index contributed by atoms with van der Waals surface area (Å²) in [5, 5.41) is 4.79. The number of fused-ring (bicyclic) bond motifs is 1. The van der Waals surface area contributed by atoms with Gasteiger partial charge >= 0.3 is 0 Å².